The summed E-state index contributed by atoms with van der Waals surface area (Å²) in [5, 5.41) is 12.7. The number of hydrogen-bond acceptors (Lipinski definition) is 4. The van der Waals surface area contributed by atoms with E-state index in [0.29, 0.717) is 5.69 Å². The molecule has 28 heavy (non-hydrogen) atoms. The van der Waals surface area contributed by atoms with Crippen LogP contribution in [0.3, 0.4) is 0 Å². The molecule has 1 amide bonds. The standard InChI is InChI=1S/C18H10ClF3N2O4/c19-14-6-1-10(9-13(14)18(20,21)22)15-7-8-16(28-15)17(25)23-11-2-4-12(5-3-11)24(26)27/h1-9H,(H,23,25). The molecule has 3 rings (SSSR count). The van der Waals surface area contributed by atoms with Crippen LogP contribution in [0, 0.1) is 10.1 Å². The summed E-state index contributed by atoms with van der Waals surface area (Å²) in [5.74, 6) is -0.752. The largest absolute Gasteiger partial charge is 0.451 e. The van der Waals surface area contributed by atoms with E-state index in [0.717, 1.165) is 12.1 Å². The highest BCUT2D eigenvalue weighted by Gasteiger charge is 2.33. The zero-order valence-electron chi connectivity index (χ0n) is 13.8. The van der Waals surface area contributed by atoms with E-state index in [9.17, 15) is 28.1 Å². The molecule has 6 nitrogen and oxygen atoms in total. The summed E-state index contributed by atoms with van der Waals surface area (Å²) in [6.45, 7) is 0. The summed E-state index contributed by atoms with van der Waals surface area (Å²) < 4.78 is 44.3. The van der Waals surface area contributed by atoms with Crippen molar-refractivity contribution < 1.29 is 27.3 Å². The predicted octanol–water partition coefficient (Wildman–Crippen LogP) is 5.78. The number of halogens is 4. The van der Waals surface area contributed by atoms with Crippen molar-refractivity contribution in [1.29, 1.82) is 0 Å². The van der Waals surface area contributed by atoms with E-state index in [1.165, 1.54) is 42.5 Å². The number of hydrogen-bond donors (Lipinski definition) is 1. The molecule has 1 heterocycles. The van der Waals surface area contributed by atoms with Crippen LogP contribution in [0.15, 0.2) is 59.0 Å². The van der Waals surface area contributed by atoms with Crippen LogP contribution in [0.2, 0.25) is 5.02 Å². The number of non-ortho nitro benzene ring substituents is 1. The van der Waals surface area contributed by atoms with Crippen molar-refractivity contribution >= 4 is 28.9 Å². The third-order valence-electron chi connectivity index (χ3n) is 3.72. The van der Waals surface area contributed by atoms with E-state index in [-0.39, 0.29) is 22.8 Å². The number of furan rings is 1. The summed E-state index contributed by atoms with van der Waals surface area (Å²) in [5.41, 5.74) is -0.757. The molecule has 0 aliphatic carbocycles. The molecule has 10 heteroatoms. The topological polar surface area (TPSA) is 85.4 Å². The minimum atomic E-state index is -4.63. The van der Waals surface area contributed by atoms with Crippen molar-refractivity contribution in [1.82, 2.24) is 0 Å². The smallest absolute Gasteiger partial charge is 0.417 e. The van der Waals surface area contributed by atoms with Crippen molar-refractivity contribution in [3.8, 4) is 11.3 Å². The van der Waals surface area contributed by atoms with Gasteiger partial charge in [0.15, 0.2) is 5.76 Å². The second kappa shape index (κ2) is 7.35. The first kappa shape index (κ1) is 19.4. The molecule has 0 spiro atoms. The Morgan fingerprint density at radius 3 is 2.36 bits per heavy atom. The Morgan fingerprint density at radius 1 is 1.07 bits per heavy atom. The Bertz CT molecular complexity index is 1050. The first-order chi connectivity index (χ1) is 13.1. The second-order valence-corrected chi connectivity index (χ2v) is 6.02. The maximum atomic E-state index is 13.0. The molecule has 0 unspecified atom stereocenters. The Morgan fingerprint density at radius 2 is 1.75 bits per heavy atom. The molecule has 0 aliphatic rings. The Labute approximate surface area is 160 Å². The van der Waals surface area contributed by atoms with Crippen LogP contribution in [0.4, 0.5) is 24.5 Å². The van der Waals surface area contributed by atoms with Gasteiger partial charge in [0.1, 0.15) is 5.76 Å². The molecule has 0 fully saturated rings. The molecule has 144 valence electrons. The monoisotopic (exact) mass is 410 g/mol. The summed E-state index contributed by atoms with van der Waals surface area (Å²) >= 11 is 5.59. The quantitative estimate of drug-likeness (QED) is 0.436. The minimum absolute atomic E-state index is 0.0519. The highest BCUT2D eigenvalue weighted by Crippen LogP contribution is 2.37. The minimum Gasteiger partial charge on any atom is -0.451 e. The average molecular weight is 411 g/mol. The Kier molecular flexibility index (Phi) is 5.10. The number of carbonyl (C=O) groups excluding carboxylic acids is 1. The van der Waals surface area contributed by atoms with Gasteiger partial charge in [0.05, 0.1) is 15.5 Å². The Balaban J connectivity index is 1.80. The number of nitrogens with one attached hydrogen (secondary N) is 1. The summed E-state index contributed by atoms with van der Waals surface area (Å²) in [6, 6.07) is 11.0. The van der Waals surface area contributed by atoms with Gasteiger partial charge in [-0.05, 0) is 42.5 Å². The van der Waals surface area contributed by atoms with E-state index >= 15 is 0 Å². The van der Waals surface area contributed by atoms with Crippen molar-refractivity contribution in [2.24, 2.45) is 0 Å². The van der Waals surface area contributed by atoms with E-state index in [4.69, 9.17) is 16.0 Å². The number of carbonyl (C=O) groups is 1. The highest BCUT2D eigenvalue weighted by molar-refractivity contribution is 6.31. The number of anilines is 1. The zero-order valence-corrected chi connectivity index (χ0v) is 14.5. The molecule has 0 aliphatic heterocycles. The molecule has 3 aromatic rings. The number of nitro groups is 1. The van der Waals surface area contributed by atoms with Gasteiger partial charge in [-0.1, -0.05) is 11.6 Å². The number of amides is 1. The summed E-state index contributed by atoms with van der Waals surface area (Å²) in [4.78, 5) is 22.3. The van der Waals surface area contributed by atoms with Gasteiger partial charge in [-0.15, -0.1) is 0 Å². The number of benzene rings is 2. The van der Waals surface area contributed by atoms with E-state index in [1.54, 1.807) is 0 Å². The molecule has 1 aromatic heterocycles. The fraction of sp³-hybridized carbons (Fsp3) is 0.0556. The molecule has 0 saturated carbocycles. The first-order valence-corrected chi connectivity index (χ1v) is 8.06. The van der Waals surface area contributed by atoms with Gasteiger partial charge in [0.2, 0.25) is 0 Å². The lowest BCUT2D eigenvalue weighted by molar-refractivity contribution is -0.384. The molecule has 0 radical (unpaired) electrons. The summed E-state index contributed by atoms with van der Waals surface area (Å²) in [6.07, 6.45) is -4.63. The molecule has 0 atom stereocenters. The maximum Gasteiger partial charge on any atom is 0.417 e. The molecule has 0 saturated heterocycles. The number of alkyl halides is 3. The zero-order chi connectivity index (χ0) is 20.5. The van der Waals surface area contributed by atoms with Crippen LogP contribution in [-0.4, -0.2) is 10.8 Å². The maximum absolute atomic E-state index is 13.0. The van der Waals surface area contributed by atoms with Gasteiger partial charge in [-0.25, -0.2) is 0 Å². The lowest BCUT2D eigenvalue weighted by Gasteiger charge is -2.10. The molecular weight excluding hydrogens is 401 g/mol. The first-order valence-electron chi connectivity index (χ1n) is 7.68. The van der Waals surface area contributed by atoms with E-state index in [1.807, 2.05) is 0 Å². The van der Waals surface area contributed by atoms with E-state index in [2.05, 4.69) is 5.32 Å². The molecular formula is C18H10ClF3N2O4. The van der Waals surface area contributed by atoms with Crippen molar-refractivity contribution in [3.63, 3.8) is 0 Å². The Hall–Kier alpha value is -3.33. The number of rotatable bonds is 4. The van der Waals surface area contributed by atoms with E-state index < -0.39 is 27.6 Å². The van der Waals surface area contributed by atoms with Crippen LogP contribution >= 0.6 is 11.6 Å². The number of nitrogens with zero attached hydrogens (tertiary/aromatic N) is 1. The van der Waals surface area contributed by atoms with Gasteiger partial charge in [0, 0.05) is 23.4 Å². The molecule has 2 aromatic carbocycles. The van der Waals surface area contributed by atoms with Gasteiger partial charge in [-0.2, -0.15) is 13.2 Å². The van der Waals surface area contributed by atoms with Crippen LogP contribution < -0.4 is 5.32 Å². The van der Waals surface area contributed by atoms with Gasteiger partial charge in [0.25, 0.3) is 11.6 Å². The lowest BCUT2D eigenvalue weighted by Crippen LogP contribution is -2.10. The van der Waals surface area contributed by atoms with Crippen LogP contribution in [0.5, 0.6) is 0 Å². The van der Waals surface area contributed by atoms with Crippen LogP contribution in [0.1, 0.15) is 16.1 Å². The third kappa shape index (κ3) is 4.15. The highest BCUT2D eigenvalue weighted by atomic mass is 35.5. The lowest BCUT2D eigenvalue weighted by atomic mass is 10.1. The fourth-order valence-corrected chi connectivity index (χ4v) is 2.59. The van der Waals surface area contributed by atoms with Crippen LogP contribution in [0.25, 0.3) is 11.3 Å². The third-order valence-corrected chi connectivity index (χ3v) is 4.05. The predicted molar refractivity (Wildman–Crippen MR) is 95.2 cm³/mol. The van der Waals surface area contributed by atoms with Gasteiger partial charge >= 0.3 is 6.18 Å². The average Bonchev–Trinajstić information content (AvgIpc) is 3.12. The van der Waals surface area contributed by atoms with Crippen molar-refractivity contribution in [2.75, 3.05) is 5.32 Å². The van der Waals surface area contributed by atoms with Crippen LogP contribution in [-0.2, 0) is 6.18 Å². The molecule has 1 N–H and O–H groups in total. The molecule has 0 bridgehead atoms. The summed E-state index contributed by atoms with van der Waals surface area (Å²) in [7, 11) is 0. The van der Waals surface area contributed by atoms with Gasteiger partial charge < -0.3 is 9.73 Å². The number of nitro benzene ring substituents is 1. The normalized spacial score (nSPS) is 11.3. The van der Waals surface area contributed by atoms with Crippen molar-refractivity contribution in [3.05, 3.63) is 81.1 Å². The second-order valence-electron chi connectivity index (χ2n) is 5.61. The van der Waals surface area contributed by atoms with Crippen molar-refractivity contribution in [2.45, 2.75) is 6.18 Å². The van der Waals surface area contributed by atoms with Gasteiger partial charge in [-0.3, -0.25) is 14.9 Å². The SMILES string of the molecule is O=C(Nc1ccc([N+](=O)[O-])cc1)c1ccc(-c2ccc(Cl)c(C(F)(F)F)c2)o1. The fourth-order valence-electron chi connectivity index (χ4n) is 2.37.